The number of sulfonamides is 1. The van der Waals surface area contributed by atoms with E-state index in [0.29, 0.717) is 0 Å². The summed E-state index contributed by atoms with van der Waals surface area (Å²) in [5.41, 5.74) is -0.0336. The van der Waals surface area contributed by atoms with Gasteiger partial charge in [-0.1, -0.05) is 54.9 Å². The predicted molar refractivity (Wildman–Crippen MR) is 113 cm³/mol. The third kappa shape index (κ3) is 5.61. The molecule has 2 rings (SSSR count). The highest BCUT2D eigenvalue weighted by Gasteiger charge is 2.24. The average Bonchev–Trinajstić information content (AvgIpc) is 2.65. The molecule has 1 N–H and O–H groups in total. The zero-order valence-corrected chi connectivity index (χ0v) is 18.6. The van der Waals surface area contributed by atoms with Gasteiger partial charge >= 0.3 is 0 Å². The summed E-state index contributed by atoms with van der Waals surface area (Å²) in [5.74, 6) is -3.48. The molecule has 0 aromatic heterocycles. The van der Waals surface area contributed by atoms with E-state index >= 15 is 0 Å². The van der Waals surface area contributed by atoms with Crippen molar-refractivity contribution in [2.75, 3.05) is 18.4 Å². The SMILES string of the molecule is CCN(CC)S(=O)(=O)c1ccc(Cl)c(C(=O)Nc2cccc(Cl)c2SC(F)F)c1. The summed E-state index contributed by atoms with van der Waals surface area (Å²) >= 11 is 12.3. The number of hydrogen-bond donors (Lipinski definition) is 1. The molecule has 2 aromatic rings. The predicted octanol–water partition coefficient (Wildman–Crippen LogP) is 5.59. The fourth-order valence-corrected chi connectivity index (χ4v) is 5.16. The van der Waals surface area contributed by atoms with Crippen molar-refractivity contribution in [2.45, 2.75) is 29.4 Å². The fraction of sp³-hybridized carbons (Fsp3) is 0.278. The second-order valence-electron chi connectivity index (χ2n) is 5.68. The fourth-order valence-electron chi connectivity index (χ4n) is 2.56. The van der Waals surface area contributed by atoms with Crippen LogP contribution < -0.4 is 5.32 Å². The molecule has 0 heterocycles. The normalized spacial score (nSPS) is 11.9. The van der Waals surface area contributed by atoms with Crippen LogP contribution in [0.15, 0.2) is 46.2 Å². The van der Waals surface area contributed by atoms with E-state index in [9.17, 15) is 22.0 Å². The molecule has 2 aromatic carbocycles. The number of halogens is 4. The number of alkyl halides is 2. The number of carbonyl (C=O) groups is 1. The number of amides is 1. The summed E-state index contributed by atoms with van der Waals surface area (Å²) in [5, 5.41) is 2.55. The Bertz CT molecular complexity index is 1000. The summed E-state index contributed by atoms with van der Waals surface area (Å²) in [6, 6.07) is 8.11. The zero-order valence-electron chi connectivity index (χ0n) is 15.5. The third-order valence-corrected chi connectivity index (χ3v) is 7.60. The minimum absolute atomic E-state index is 0.000515. The van der Waals surface area contributed by atoms with Gasteiger partial charge in [-0.05, 0) is 30.3 Å². The summed E-state index contributed by atoms with van der Waals surface area (Å²) in [4.78, 5) is 12.6. The first-order chi connectivity index (χ1) is 13.6. The van der Waals surface area contributed by atoms with E-state index in [2.05, 4.69) is 5.32 Å². The van der Waals surface area contributed by atoms with Gasteiger partial charge in [0, 0.05) is 13.1 Å². The second-order valence-corrected chi connectivity index (χ2v) is 9.43. The molecule has 0 aliphatic rings. The van der Waals surface area contributed by atoms with Crippen molar-refractivity contribution in [3.05, 3.63) is 52.0 Å². The summed E-state index contributed by atoms with van der Waals surface area (Å²) in [6.45, 7) is 3.93. The van der Waals surface area contributed by atoms with Gasteiger partial charge in [-0.25, -0.2) is 8.42 Å². The first kappa shape index (κ1) is 23.9. The number of nitrogens with one attached hydrogen (secondary N) is 1. The van der Waals surface area contributed by atoms with Gasteiger partial charge in [-0.3, -0.25) is 4.79 Å². The minimum Gasteiger partial charge on any atom is -0.321 e. The van der Waals surface area contributed by atoms with Crippen LogP contribution in [0.3, 0.4) is 0 Å². The minimum atomic E-state index is -3.81. The Hall–Kier alpha value is -1.39. The van der Waals surface area contributed by atoms with Gasteiger partial charge in [-0.2, -0.15) is 13.1 Å². The molecular weight excluding hydrogens is 465 g/mol. The summed E-state index contributed by atoms with van der Waals surface area (Å²) in [7, 11) is -3.81. The van der Waals surface area contributed by atoms with Crippen LogP contribution in [0.1, 0.15) is 24.2 Å². The van der Waals surface area contributed by atoms with Crippen LogP contribution in [0.4, 0.5) is 14.5 Å². The van der Waals surface area contributed by atoms with Crippen LogP contribution in [-0.2, 0) is 10.0 Å². The highest BCUT2D eigenvalue weighted by molar-refractivity contribution is 7.99. The van der Waals surface area contributed by atoms with E-state index in [1.165, 1.54) is 34.6 Å². The van der Waals surface area contributed by atoms with Gasteiger partial charge in [0.1, 0.15) is 0 Å². The van der Waals surface area contributed by atoms with E-state index in [0.717, 1.165) is 6.07 Å². The molecule has 0 atom stereocenters. The number of rotatable bonds is 8. The molecule has 29 heavy (non-hydrogen) atoms. The lowest BCUT2D eigenvalue weighted by Crippen LogP contribution is -2.30. The first-order valence-electron chi connectivity index (χ1n) is 8.46. The Morgan fingerprint density at radius 2 is 1.79 bits per heavy atom. The number of benzene rings is 2. The maximum atomic E-state index is 12.8. The highest BCUT2D eigenvalue weighted by Crippen LogP contribution is 2.38. The topological polar surface area (TPSA) is 66.5 Å². The number of carbonyl (C=O) groups excluding carboxylic acids is 1. The van der Waals surface area contributed by atoms with Gasteiger partial charge < -0.3 is 5.32 Å². The maximum Gasteiger partial charge on any atom is 0.289 e. The smallest absolute Gasteiger partial charge is 0.289 e. The first-order valence-corrected chi connectivity index (χ1v) is 11.5. The number of thioether (sulfide) groups is 1. The summed E-state index contributed by atoms with van der Waals surface area (Å²) in [6.07, 6.45) is 0. The average molecular weight is 483 g/mol. The Labute approximate surface area is 182 Å². The van der Waals surface area contributed by atoms with Gasteiger partial charge in [0.15, 0.2) is 0 Å². The van der Waals surface area contributed by atoms with E-state index < -0.39 is 21.7 Å². The van der Waals surface area contributed by atoms with Crippen LogP contribution in [-0.4, -0.2) is 37.5 Å². The number of anilines is 1. The highest BCUT2D eigenvalue weighted by atomic mass is 35.5. The molecule has 158 valence electrons. The van der Waals surface area contributed by atoms with Crippen LogP contribution in [0.25, 0.3) is 0 Å². The van der Waals surface area contributed by atoms with E-state index in [1.54, 1.807) is 13.8 Å². The van der Waals surface area contributed by atoms with E-state index in [1.807, 2.05) is 0 Å². The molecule has 0 fully saturated rings. The molecular formula is C18H18Cl2F2N2O3S2. The van der Waals surface area contributed by atoms with Crippen LogP contribution in [0.5, 0.6) is 0 Å². The lowest BCUT2D eigenvalue weighted by molar-refractivity contribution is 0.102. The van der Waals surface area contributed by atoms with Crippen molar-refractivity contribution >= 4 is 56.6 Å². The number of hydrogen-bond acceptors (Lipinski definition) is 4. The van der Waals surface area contributed by atoms with Crippen molar-refractivity contribution in [1.29, 1.82) is 0 Å². The van der Waals surface area contributed by atoms with Crippen molar-refractivity contribution < 1.29 is 22.0 Å². The Balaban J connectivity index is 2.42. The standard InChI is InChI=1S/C18H18Cl2F2N2O3S2/c1-3-24(4-2)29(26,27)11-8-9-13(19)12(10-11)17(25)23-15-7-5-6-14(20)16(15)28-18(21)22/h5-10,18H,3-4H2,1-2H3,(H,23,25). The molecule has 0 spiro atoms. The van der Waals surface area contributed by atoms with Crippen molar-refractivity contribution in [2.24, 2.45) is 0 Å². The number of nitrogens with zero attached hydrogens (tertiary/aromatic N) is 1. The molecule has 0 aliphatic heterocycles. The monoisotopic (exact) mass is 482 g/mol. The second kappa shape index (κ2) is 10.1. The lowest BCUT2D eigenvalue weighted by Gasteiger charge is -2.19. The van der Waals surface area contributed by atoms with E-state index in [-0.39, 0.29) is 55.9 Å². The Kier molecular flexibility index (Phi) is 8.30. The molecule has 1 amide bonds. The van der Waals surface area contributed by atoms with Crippen molar-refractivity contribution in [3.63, 3.8) is 0 Å². The molecule has 0 aliphatic carbocycles. The van der Waals surface area contributed by atoms with Crippen molar-refractivity contribution in [1.82, 2.24) is 4.31 Å². The van der Waals surface area contributed by atoms with Crippen LogP contribution >= 0.6 is 35.0 Å². The molecule has 0 bridgehead atoms. The largest absolute Gasteiger partial charge is 0.321 e. The van der Waals surface area contributed by atoms with E-state index in [4.69, 9.17) is 23.2 Å². The zero-order chi connectivity index (χ0) is 21.8. The van der Waals surface area contributed by atoms with Crippen LogP contribution in [0, 0.1) is 0 Å². The molecule has 5 nitrogen and oxygen atoms in total. The van der Waals surface area contributed by atoms with Crippen LogP contribution in [0.2, 0.25) is 10.0 Å². The van der Waals surface area contributed by atoms with Gasteiger partial charge in [-0.15, -0.1) is 0 Å². The quantitative estimate of drug-likeness (QED) is 0.497. The summed E-state index contributed by atoms with van der Waals surface area (Å²) < 4.78 is 52.3. The molecule has 0 radical (unpaired) electrons. The Morgan fingerprint density at radius 3 is 2.38 bits per heavy atom. The van der Waals surface area contributed by atoms with Gasteiger partial charge in [0.2, 0.25) is 10.0 Å². The third-order valence-electron chi connectivity index (χ3n) is 3.95. The molecule has 0 saturated carbocycles. The molecule has 0 unspecified atom stereocenters. The van der Waals surface area contributed by atoms with Gasteiger partial charge in [0.25, 0.3) is 11.7 Å². The van der Waals surface area contributed by atoms with Gasteiger partial charge in [0.05, 0.1) is 31.1 Å². The molecule has 0 saturated heterocycles. The lowest BCUT2D eigenvalue weighted by atomic mass is 10.2. The molecule has 11 heteroatoms. The van der Waals surface area contributed by atoms with Crippen molar-refractivity contribution in [3.8, 4) is 0 Å². The maximum absolute atomic E-state index is 12.8. The Morgan fingerprint density at radius 1 is 1.14 bits per heavy atom.